The molecule has 0 aliphatic rings. The predicted octanol–water partition coefficient (Wildman–Crippen LogP) is 3.29. The summed E-state index contributed by atoms with van der Waals surface area (Å²) in [7, 11) is 0. The smallest absolute Gasteiger partial charge is 0.408 e. The molecule has 1 aromatic heterocycles. The van der Waals surface area contributed by atoms with E-state index in [1.807, 2.05) is 6.07 Å². The largest absolute Gasteiger partial charge is 0.465 e. The van der Waals surface area contributed by atoms with E-state index in [-0.39, 0.29) is 11.6 Å². The van der Waals surface area contributed by atoms with Crippen molar-refractivity contribution in [3.8, 4) is 0 Å². The van der Waals surface area contributed by atoms with Gasteiger partial charge in [-0.05, 0) is 58.4 Å². The molecular weight excluding hydrogens is 360 g/mol. The molecule has 1 aromatic carbocycles. The number of aryl methyl sites for hydroxylation is 1. The second-order valence-corrected chi connectivity index (χ2v) is 7.51. The molecule has 28 heavy (non-hydrogen) atoms. The Kier molecular flexibility index (Phi) is 6.12. The van der Waals surface area contributed by atoms with Crippen LogP contribution in [0.2, 0.25) is 0 Å². The van der Waals surface area contributed by atoms with Gasteiger partial charge in [0.25, 0.3) is 11.8 Å². The lowest BCUT2D eigenvalue weighted by Gasteiger charge is -2.37. The van der Waals surface area contributed by atoms with E-state index in [2.05, 4.69) is 10.7 Å². The van der Waals surface area contributed by atoms with Crippen molar-refractivity contribution in [1.82, 2.24) is 9.58 Å². The molecule has 0 aliphatic carbocycles. The molecule has 3 N–H and O–H groups in total. The number of carbonyl (C=O) groups is 3. The molecule has 3 amide bonds. The van der Waals surface area contributed by atoms with Gasteiger partial charge in [-0.1, -0.05) is 18.2 Å². The Morgan fingerprint density at radius 2 is 1.71 bits per heavy atom. The standard InChI is InChI=1S/C20H26N4O4/c1-13-11-12-23(16(13)18(26)21-15-9-7-6-8-10-15)22-17(25)14(2)24(19(27)28)20(3,4)5/h6-12,14H,1-5H3,(H,21,26)(H,22,25)(H,27,28)/t14-/m0/s1. The van der Waals surface area contributed by atoms with Gasteiger partial charge in [0.15, 0.2) is 0 Å². The van der Waals surface area contributed by atoms with E-state index in [0.29, 0.717) is 11.3 Å². The lowest BCUT2D eigenvalue weighted by atomic mass is 10.0. The molecule has 0 bridgehead atoms. The molecule has 0 saturated carbocycles. The molecule has 8 heteroatoms. The van der Waals surface area contributed by atoms with Crippen molar-refractivity contribution in [3.63, 3.8) is 0 Å². The highest BCUT2D eigenvalue weighted by molar-refractivity contribution is 6.05. The number of benzene rings is 1. The highest BCUT2D eigenvalue weighted by Crippen LogP contribution is 2.18. The SMILES string of the molecule is Cc1ccn(NC(=O)[C@H](C)N(C(=O)O)C(C)(C)C)c1C(=O)Nc1ccccc1. The van der Waals surface area contributed by atoms with Gasteiger partial charge in [-0.25, -0.2) is 4.79 Å². The number of nitrogens with one attached hydrogen (secondary N) is 2. The van der Waals surface area contributed by atoms with Gasteiger partial charge in [0.2, 0.25) is 0 Å². The van der Waals surface area contributed by atoms with Gasteiger partial charge in [0, 0.05) is 17.4 Å². The topological polar surface area (TPSA) is 104 Å². The van der Waals surface area contributed by atoms with Crippen LogP contribution in [0.5, 0.6) is 0 Å². The quantitative estimate of drug-likeness (QED) is 0.733. The van der Waals surface area contributed by atoms with Crippen LogP contribution in [-0.2, 0) is 4.79 Å². The first kappa shape index (κ1) is 21.0. The summed E-state index contributed by atoms with van der Waals surface area (Å²) in [6, 6.07) is 9.71. The fourth-order valence-electron chi connectivity index (χ4n) is 2.99. The van der Waals surface area contributed by atoms with E-state index in [4.69, 9.17) is 0 Å². The number of carbonyl (C=O) groups excluding carboxylic acids is 2. The van der Waals surface area contributed by atoms with E-state index in [1.165, 1.54) is 11.6 Å². The number of nitrogens with zero attached hydrogens (tertiary/aromatic N) is 2. The summed E-state index contributed by atoms with van der Waals surface area (Å²) in [6.45, 7) is 8.40. The molecule has 1 atom stereocenters. The van der Waals surface area contributed by atoms with Gasteiger partial charge in [-0.3, -0.25) is 24.6 Å². The zero-order valence-corrected chi connectivity index (χ0v) is 16.7. The van der Waals surface area contributed by atoms with E-state index < -0.39 is 23.6 Å². The Hall–Kier alpha value is -3.29. The van der Waals surface area contributed by atoms with Crippen LogP contribution in [0.1, 0.15) is 43.7 Å². The van der Waals surface area contributed by atoms with Crippen LogP contribution in [0, 0.1) is 6.92 Å². The Balaban J connectivity index is 2.22. The predicted molar refractivity (Wildman–Crippen MR) is 107 cm³/mol. The Morgan fingerprint density at radius 3 is 2.25 bits per heavy atom. The monoisotopic (exact) mass is 386 g/mol. The lowest BCUT2D eigenvalue weighted by molar-refractivity contribution is -0.122. The lowest BCUT2D eigenvalue weighted by Crippen LogP contribution is -2.55. The van der Waals surface area contributed by atoms with Gasteiger partial charge in [0.05, 0.1) is 0 Å². The van der Waals surface area contributed by atoms with Crippen molar-refractivity contribution >= 4 is 23.6 Å². The summed E-state index contributed by atoms with van der Waals surface area (Å²) < 4.78 is 1.31. The first-order valence-corrected chi connectivity index (χ1v) is 8.90. The van der Waals surface area contributed by atoms with E-state index >= 15 is 0 Å². The summed E-state index contributed by atoms with van der Waals surface area (Å²) in [4.78, 5) is 38.0. The second-order valence-electron chi connectivity index (χ2n) is 7.51. The van der Waals surface area contributed by atoms with E-state index in [9.17, 15) is 19.5 Å². The maximum atomic E-state index is 12.7. The molecule has 2 rings (SSSR count). The minimum absolute atomic E-state index is 0.266. The molecule has 8 nitrogen and oxygen atoms in total. The van der Waals surface area contributed by atoms with Crippen LogP contribution in [0.25, 0.3) is 0 Å². The number of hydrogen-bond donors (Lipinski definition) is 3. The highest BCUT2D eigenvalue weighted by Gasteiger charge is 2.35. The highest BCUT2D eigenvalue weighted by atomic mass is 16.4. The normalized spacial score (nSPS) is 12.2. The number of hydrogen-bond acceptors (Lipinski definition) is 3. The first-order valence-electron chi connectivity index (χ1n) is 8.90. The minimum Gasteiger partial charge on any atom is -0.465 e. The maximum absolute atomic E-state index is 12.7. The van der Waals surface area contributed by atoms with Crippen molar-refractivity contribution in [3.05, 3.63) is 53.9 Å². The summed E-state index contributed by atoms with van der Waals surface area (Å²) in [5.41, 5.74) is 3.42. The van der Waals surface area contributed by atoms with Crippen LogP contribution in [0.4, 0.5) is 10.5 Å². The summed E-state index contributed by atoms with van der Waals surface area (Å²) >= 11 is 0. The third-order valence-corrected chi connectivity index (χ3v) is 4.26. The Labute approximate surface area is 164 Å². The number of rotatable bonds is 5. The van der Waals surface area contributed by atoms with E-state index in [0.717, 1.165) is 4.90 Å². The molecule has 1 heterocycles. The average Bonchev–Trinajstić information content (AvgIpc) is 2.94. The molecule has 0 aliphatic heterocycles. The van der Waals surface area contributed by atoms with Crippen LogP contribution in [0.3, 0.4) is 0 Å². The summed E-state index contributed by atoms with van der Waals surface area (Å²) in [6.07, 6.45) is 0.364. The summed E-state index contributed by atoms with van der Waals surface area (Å²) in [5.74, 6) is -0.922. The molecule has 0 unspecified atom stereocenters. The third kappa shape index (κ3) is 4.70. The molecule has 0 fully saturated rings. The number of para-hydroxylation sites is 1. The molecule has 0 radical (unpaired) electrons. The maximum Gasteiger partial charge on any atom is 0.408 e. The van der Waals surface area contributed by atoms with Crippen molar-refractivity contribution < 1.29 is 19.5 Å². The molecule has 2 aromatic rings. The summed E-state index contributed by atoms with van der Waals surface area (Å²) in [5, 5.41) is 12.3. The fourth-order valence-corrected chi connectivity index (χ4v) is 2.99. The van der Waals surface area contributed by atoms with Crippen LogP contribution in [-0.4, -0.2) is 44.2 Å². The van der Waals surface area contributed by atoms with Crippen molar-refractivity contribution in [2.45, 2.75) is 46.2 Å². The zero-order valence-electron chi connectivity index (χ0n) is 16.7. The van der Waals surface area contributed by atoms with Crippen molar-refractivity contribution in [2.24, 2.45) is 0 Å². The van der Waals surface area contributed by atoms with Gasteiger partial charge in [0.1, 0.15) is 11.7 Å². The molecular formula is C20H26N4O4. The third-order valence-electron chi connectivity index (χ3n) is 4.26. The van der Waals surface area contributed by atoms with Crippen LogP contribution < -0.4 is 10.7 Å². The van der Waals surface area contributed by atoms with Gasteiger partial charge >= 0.3 is 6.09 Å². The average molecular weight is 386 g/mol. The Morgan fingerprint density at radius 1 is 1.11 bits per heavy atom. The van der Waals surface area contributed by atoms with Gasteiger partial charge < -0.3 is 10.4 Å². The van der Waals surface area contributed by atoms with Crippen LogP contribution in [0.15, 0.2) is 42.6 Å². The number of anilines is 1. The second kappa shape index (κ2) is 8.16. The molecule has 150 valence electrons. The van der Waals surface area contributed by atoms with Gasteiger partial charge in [-0.15, -0.1) is 0 Å². The Bertz CT molecular complexity index is 868. The minimum atomic E-state index is -1.19. The van der Waals surface area contributed by atoms with Gasteiger partial charge in [-0.2, -0.15) is 0 Å². The van der Waals surface area contributed by atoms with Crippen molar-refractivity contribution in [1.29, 1.82) is 0 Å². The number of amides is 3. The zero-order chi connectivity index (χ0) is 21.1. The number of aromatic nitrogens is 1. The first-order chi connectivity index (χ1) is 13.0. The molecule has 0 spiro atoms. The fraction of sp³-hybridized carbons (Fsp3) is 0.350. The van der Waals surface area contributed by atoms with Crippen molar-refractivity contribution in [2.75, 3.05) is 10.7 Å². The molecule has 0 saturated heterocycles. The van der Waals surface area contributed by atoms with Crippen LogP contribution >= 0.6 is 0 Å². The van der Waals surface area contributed by atoms with E-state index in [1.54, 1.807) is 64.2 Å². The number of carboxylic acid groups (broad SMARTS) is 1.